The van der Waals surface area contributed by atoms with Gasteiger partial charge in [-0.15, -0.1) is 0 Å². The zero-order valence-electron chi connectivity index (χ0n) is 16.6. The fourth-order valence-electron chi connectivity index (χ4n) is 3.69. The number of aromatic hydroxyl groups is 1. The molecular weight excluding hydrogens is 455 g/mol. The van der Waals surface area contributed by atoms with E-state index in [1.807, 2.05) is 0 Å². The Morgan fingerprint density at radius 1 is 1.12 bits per heavy atom. The molecule has 4 rings (SSSR count). The molecule has 1 amide bonds. The van der Waals surface area contributed by atoms with Crippen LogP contribution >= 0.6 is 23.2 Å². The minimum Gasteiger partial charge on any atom is -0.507 e. The van der Waals surface area contributed by atoms with Crippen molar-refractivity contribution in [1.82, 2.24) is 4.98 Å². The number of methoxy groups -OCH3 is 1. The van der Waals surface area contributed by atoms with Gasteiger partial charge in [-0.2, -0.15) is 0 Å². The van der Waals surface area contributed by atoms with E-state index in [0.717, 1.165) is 4.90 Å². The molecule has 1 unspecified atom stereocenters. The van der Waals surface area contributed by atoms with Gasteiger partial charge in [0.25, 0.3) is 11.7 Å². The predicted molar refractivity (Wildman–Crippen MR) is 120 cm³/mol. The molecule has 0 spiro atoms. The first kappa shape index (κ1) is 21.7. The molecule has 2 heterocycles. The van der Waals surface area contributed by atoms with Crippen LogP contribution in [0.25, 0.3) is 5.76 Å². The number of carbonyl (C=O) groups excluding carboxylic acids is 2. The van der Waals surface area contributed by atoms with E-state index in [2.05, 4.69) is 4.98 Å². The Kier molecular flexibility index (Phi) is 5.78. The Labute approximate surface area is 193 Å². The second-order valence-electron chi connectivity index (χ2n) is 6.91. The normalized spacial score (nSPS) is 17.6. The number of phenolic OH excluding ortho intramolecular Hbond substituents is 1. The van der Waals surface area contributed by atoms with Gasteiger partial charge in [0, 0.05) is 17.4 Å². The van der Waals surface area contributed by atoms with Crippen molar-refractivity contribution in [3.8, 4) is 11.5 Å². The van der Waals surface area contributed by atoms with Crippen LogP contribution in [0.2, 0.25) is 10.0 Å². The molecule has 32 heavy (non-hydrogen) atoms. The zero-order valence-corrected chi connectivity index (χ0v) is 18.1. The Bertz CT molecular complexity index is 1260. The number of ether oxygens (including phenoxy) is 1. The number of aliphatic hydroxyl groups excluding tert-OH is 1. The first-order valence-corrected chi connectivity index (χ1v) is 10.1. The quantitative estimate of drug-likeness (QED) is 0.324. The molecule has 2 N–H and O–H groups in total. The van der Waals surface area contributed by atoms with Crippen LogP contribution in [0.4, 0.5) is 5.69 Å². The number of hydrogen-bond donors (Lipinski definition) is 2. The van der Waals surface area contributed by atoms with Crippen LogP contribution < -0.4 is 9.64 Å². The lowest BCUT2D eigenvalue weighted by atomic mass is 9.95. The van der Waals surface area contributed by atoms with E-state index in [9.17, 15) is 19.8 Å². The summed E-state index contributed by atoms with van der Waals surface area (Å²) in [6.07, 6.45) is 3.01. The zero-order chi connectivity index (χ0) is 23.0. The summed E-state index contributed by atoms with van der Waals surface area (Å²) in [5, 5.41) is 21.9. The molecule has 1 aliphatic heterocycles. The van der Waals surface area contributed by atoms with Gasteiger partial charge in [-0.25, -0.2) is 0 Å². The van der Waals surface area contributed by atoms with Crippen LogP contribution in [0.15, 0.2) is 66.5 Å². The maximum atomic E-state index is 13.2. The van der Waals surface area contributed by atoms with E-state index < -0.39 is 23.5 Å². The number of rotatable bonds is 4. The lowest BCUT2D eigenvalue weighted by molar-refractivity contribution is -0.132. The largest absolute Gasteiger partial charge is 0.507 e. The predicted octanol–water partition coefficient (Wildman–Crippen LogP) is 4.73. The maximum Gasteiger partial charge on any atom is 0.300 e. The Hall–Kier alpha value is -3.55. The fraction of sp³-hybridized carbons (Fsp3) is 0.0870. The summed E-state index contributed by atoms with van der Waals surface area (Å²) in [6.45, 7) is 0. The molecule has 7 nitrogen and oxygen atoms in total. The number of Topliss-reactive ketones (excluding diaryl/α,β-unsaturated/α-hetero) is 1. The number of benzene rings is 2. The highest BCUT2D eigenvalue weighted by molar-refractivity contribution is 6.52. The number of para-hydroxylation sites is 2. The van der Waals surface area contributed by atoms with E-state index in [-0.39, 0.29) is 38.4 Å². The summed E-state index contributed by atoms with van der Waals surface area (Å²) >= 11 is 12.3. The lowest BCUT2D eigenvalue weighted by Gasteiger charge is -2.25. The fourth-order valence-corrected chi connectivity index (χ4v) is 4.26. The third-order valence-electron chi connectivity index (χ3n) is 5.05. The van der Waals surface area contributed by atoms with Crippen molar-refractivity contribution in [3.63, 3.8) is 0 Å². The van der Waals surface area contributed by atoms with Crippen molar-refractivity contribution in [2.45, 2.75) is 6.04 Å². The van der Waals surface area contributed by atoms with Crippen molar-refractivity contribution in [2.75, 3.05) is 12.0 Å². The molecular formula is C23H16Cl2N2O5. The summed E-state index contributed by atoms with van der Waals surface area (Å²) in [5.74, 6) is -2.50. The highest BCUT2D eigenvalue weighted by Crippen LogP contribution is 2.46. The summed E-state index contributed by atoms with van der Waals surface area (Å²) in [6, 6.07) is 11.1. The third kappa shape index (κ3) is 3.55. The van der Waals surface area contributed by atoms with Gasteiger partial charge in [-0.3, -0.25) is 19.5 Å². The van der Waals surface area contributed by atoms with Crippen molar-refractivity contribution >= 4 is 46.3 Å². The molecule has 162 valence electrons. The third-order valence-corrected chi connectivity index (χ3v) is 5.55. The molecule has 0 radical (unpaired) electrons. The summed E-state index contributed by atoms with van der Waals surface area (Å²) < 4.78 is 5.30. The molecule has 2 aromatic carbocycles. The summed E-state index contributed by atoms with van der Waals surface area (Å²) in [4.78, 5) is 31.4. The molecule has 9 heteroatoms. The number of pyridine rings is 1. The molecule has 0 aliphatic carbocycles. The van der Waals surface area contributed by atoms with E-state index in [0.29, 0.717) is 5.56 Å². The van der Waals surface area contributed by atoms with Crippen LogP contribution in [0.5, 0.6) is 11.5 Å². The van der Waals surface area contributed by atoms with Crippen molar-refractivity contribution in [2.24, 2.45) is 0 Å². The molecule has 1 saturated heterocycles. The molecule has 0 bridgehead atoms. The van der Waals surface area contributed by atoms with Crippen LogP contribution in [-0.2, 0) is 9.59 Å². The second kappa shape index (κ2) is 8.53. The Morgan fingerprint density at radius 2 is 1.88 bits per heavy atom. The molecule has 3 aromatic rings. The number of halogens is 2. The number of anilines is 1. The smallest absolute Gasteiger partial charge is 0.300 e. The van der Waals surface area contributed by atoms with Gasteiger partial charge in [0.05, 0.1) is 35.0 Å². The highest BCUT2D eigenvalue weighted by Gasteiger charge is 2.48. The maximum absolute atomic E-state index is 13.2. The number of amides is 1. The van der Waals surface area contributed by atoms with Crippen molar-refractivity contribution < 1.29 is 24.5 Å². The van der Waals surface area contributed by atoms with Crippen molar-refractivity contribution in [3.05, 3.63) is 87.7 Å². The van der Waals surface area contributed by atoms with E-state index in [4.69, 9.17) is 27.9 Å². The van der Waals surface area contributed by atoms with Crippen LogP contribution in [-0.4, -0.2) is 34.0 Å². The average molecular weight is 471 g/mol. The number of hydrogen-bond acceptors (Lipinski definition) is 6. The molecule has 1 aromatic heterocycles. The first-order valence-electron chi connectivity index (χ1n) is 9.37. The number of carbonyl (C=O) groups is 2. The Morgan fingerprint density at radius 3 is 2.53 bits per heavy atom. The van der Waals surface area contributed by atoms with E-state index >= 15 is 0 Å². The number of nitrogens with zero attached hydrogens (tertiary/aromatic N) is 2. The Balaban J connectivity index is 2.02. The number of ketones is 1. The van der Waals surface area contributed by atoms with Gasteiger partial charge in [0.15, 0.2) is 0 Å². The van der Waals surface area contributed by atoms with Crippen LogP contribution in [0.1, 0.15) is 17.2 Å². The highest BCUT2D eigenvalue weighted by atomic mass is 35.5. The van der Waals surface area contributed by atoms with Gasteiger partial charge in [-0.1, -0.05) is 41.4 Å². The lowest BCUT2D eigenvalue weighted by Crippen LogP contribution is -2.29. The number of phenols is 1. The molecule has 1 fully saturated rings. The van der Waals surface area contributed by atoms with Gasteiger partial charge in [-0.05, 0) is 35.9 Å². The van der Waals surface area contributed by atoms with Gasteiger partial charge in [0.2, 0.25) is 0 Å². The number of aliphatic hydroxyl groups is 1. The molecule has 1 atom stereocenters. The summed E-state index contributed by atoms with van der Waals surface area (Å²) in [7, 11) is 1.35. The van der Waals surface area contributed by atoms with Gasteiger partial charge < -0.3 is 14.9 Å². The van der Waals surface area contributed by atoms with Crippen molar-refractivity contribution in [1.29, 1.82) is 0 Å². The standard InChI is InChI=1S/C23H16Cl2N2O5/c1-32-22-14(9-13(24)10-15(22)25)20(29)18-19(12-5-4-8-26-11-12)27(23(31)21(18)30)16-6-2-3-7-17(16)28/h2-11,19,28-29H,1H3/b20-18+. The minimum atomic E-state index is -1.07. The number of aromatic nitrogens is 1. The second-order valence-corrected chi connectivity index (χ2v) is 7.76. The molecule has 1 aliphatic rings. The topological polar surface area (TPSA) is 100.0 Å². The van der Waals surface area contributed by atoms with Crippen LogP contribution in [0, 0.1) is 0 Å². The van der Waals surface area contributed by atoms with E-state index in [1.165, 1.54) is 43.8 Å². The SMILES string of the molecule is COc1c(Cl)cc(Cl)cc1/C(O)=C1\C(=O)C(=O)N(c2ccccc2O)C1c1cccnc1. The van der Waals surface area contributed by atoms with Crippen LogP contribution in [0.3, 0.4) is 0 Å². The summed E-state index contributed by atoms with van der Waals surface area (Å²) in [5.41, 5.74) is 0.388. The minimum absolute atomic E-state index is 0.0502. The molecule has 0 saturated carbocycles. The van der Waals surface area contributed by atoms with Gasteiger partial charge in [0.1, 0.15) is 17.3 Å². The van der Waals surface area contributed by atoms with Gasteiger partial charge >= 0.3 is 0 Å². The monoisotopic (exact) mass is 470 g/mol. The first-order chi connectivity index (χ1) is 15.3. The van der Waals surface area contributed by atoms with E-state index in [1.54, 1.807) is 24.3 Å². The average Bonchev–Trinajstić information content (AvgIpc) is 3.04.